The number of carbonyl (C=O) groups is 1. The molecule has 5 heteroatoms. The summed E-state index contributed by atoms with van der Waals surface area (Å²) in [5.41, 5.74) is 0.464. The number of aromatic nitrogens is 2. The molecule has 18 heavy (non-hydrogen) atoms. The largest absolute Gasteiger partial charge is 0.370 e. The number of ketones is 1. The average Bonchev–Trinajstić information content (AvgIpc) is 2.67. The summed E-state index contributed by atoms with van der Waals surface area (Å²) in [7, 11) is 0. The van der Waals surface area contributed by atoms with Crippen LogP contribution in [0.4, 0.5) is 0 Å². The zero-order valence-electron chi connectivity index (χ0n) is 11.4. The minimum atomic E-state index is -0.459. The number of rotatable bonds is 7. The third-order valence-electron chi connectivity index (χ3n) is 2.67. The molecule has 0 fully saturated rings. The lowest BCUT2D eigenvalue weighted by Crippen LogP contribution is -2.32. The molecule has 0 N–H and O–H groups in total. The van der Waals surface area contributed by atoms with Crippen molar-refractivity contribution >= 4 is 17.4 Å². The molecule has 102 valence electrons. The first kappa shape index (κ1) is 15.2. The van der Waals surface area contributed by atoms with Crippen molar-refractivity contribution in [1.82, 2.24) is 9.78 Å². The molecule has 0 aliphatic heterocycles. The topological polar surface area (TPSA) is 44.1 Å². The summed E-state index contributed by atoms with van der Waals surface area (Å²) in [6, 6.07) is 0. The lowest BCUT2D eigenvalue weighted by atomic mass is 10.0. The first-order valence-corrected chi connectivity index (χ1v) is 6.77. The van der Waals surface area contributed by atoms with E-state index in [1.165, 1.54) is 6.20 Å². The molecular weight excluding hydrogens is 252 g/mol. The van der Waals surface area contributed by atoms with Crippen LogP contribution >= 0.6 is 11.6 Å². The summed E-state index contributed by atoms with van der Waals surface area (Å²) < 4.78 is 7.19. The summed E-state index contributed by atoms with van der Waals surface area (Å²) >= 11 is 6.06. The van der Waals surface area contributed by atoms with E-state index in [2.05, 4.69) is 5.10 Å². The molecule has 1 unspecified atom stereocenters. The van der Waals surface area contributed by atoms with Crippen molar-refractivity contribution in [3.63, 3.8) is 0 Å². The van der Waals surface area contributed by atoms with Gasteiger partial charge in [-0.1, -0.05) is 32.4 Å². The normalized spacial score (nSPS) is 13.0. The van der Waals surface area contributed by atoms with E-state index in [1.807, 2.05) is 27.7 Å². The fourth-order valence-corrected chi connectivity index (χ4v) is 2.11. The van der Waals surface area contributed by atoms with Gasteiger partial charge in [0.2, 0.25) is 5.78 Å². The highest BCUT2D eigenvalue weighted by molar-refractivity contribution is 6.33. The van der Waals surface area contributed by atoms with E-state index in [-0.39, 0.29) is 11.7 Å². The van der Waals surface area contributed by atoms with E-state index < -0.39 is 6.10 Å². The molecule has 1 rings (SSSR count). The second-order valence-corrected chi connectivity index (χ2v) is 4.96. The summed E-state index contributed by atoms with van der Waals surface area (Å²) in [6.07, 6.45) is 1.97. The number of aryl methyl sites for hydroxylation is 1. The maximum atomic E-state index is 12.5. The molecule has 1 heterocycles. The Labute approximate surface area is 113 Å². The van der Waals surface area contributed by atoms with Crippen LogP contribution in [0.3, 0.4) is 0 Å². The van der Waals surface area contributed by atoms with Gasteiger partial charge in [0.1, 0.15) is 11.8 Å². The van der Waals surface area contributed by atoms with Gasteiger partial charge in [0.25, 0.3) is 0 Å². The van der Waals surface area contributed by atoms with Gasteiger partial charge < -0.3 is 4.74 Å². The second-order valence-electron chi connectivity index (χ2n) is 4.55. The Hall–Kier alpha value is -0.870. The molecule has 1 aromatic heterocycles. The fourth-order valence-electron chi connectivity index (χ4n) is 1.87. The maximum Gasteiger partial charge on any atom is 0.211 e. The number of Topliss-reactive ketones (excluding diaryl/α,β-unsaturated/α-hetero) is 1. The Kier molecular flexibility index (Phi) is 5.82. The number of halogens is 1. The van der Waals surface area contributed by atoms with Crippen LogP contribution in [0.2, 0.25) is 5.02 Å². The van der Waals surface area contributed by atoms with Crippen molar-refractivity contribution < 1.29 is 9.53 Å². The molecule has 0 spiro atoms. The molecule has 0 bridgehead atoms. The van der Waals surface area contributed by atoms with Crippen LogP contribution in [-0.2, 0) is 11.3 Å². The summed E-state index contributed by atoms with van der Waals surface area (Å²) in [5, 5.41) is 4.54. The van der Waals surface area contributed by atoms with Gasteiger partial charge in [-0.15, -0.1) is 0 Å². The maximum absolute atomic E-state index is 12.5. The Bertz CT molecular complexity index is 402. The van der Waals surface area contributed by atoms with Gasteiger partial charge in [-0.25, -0.2) is 0 Å². The highest BCUT2D eigenvalue weighted by Gasteiger charge is 2.28. The SMILES string of the molecule is CCCn1ncc(Cl)c1C(=O)C(OCC)C(C)C. The molecule has 0 saturated carbocycles. The number of nitrogens with zero attached hydrogens (tertiary/aromatic N) is 2. The van der Waals surface area contributed by atoms with E-state index in [0.29, 0.717) is 23.9 Å². The molecule has 4 nitrogen and oxygen atoms in total. The van der Waals surface area contributed by atoms with Crippen molar-refractivity contribution in [2.75, 3.05) is 6.61 Å². The smallest absolute Gasteiger partial charge is 0.211 e. The minimum absolute atomic E-state index is 0.0807. The predicted octanol–water partition coefficient (Wildman–Crippen LogP) is 3.19. The first-order chi connectivity index (χ1) is 8.52. The van der Waals surface area contributed by atoms with Gasteiger partial charge in [-0.3, -0.25) is 9.48 Å². The number of hydrogen-bond donors (Lipinski definition) is 0. The Morgan fingerprint density at radius 1 is 1.50 bits per heavy atom. The van der Waals surface area contributed by atoms with Crippen LogP contribution in [0.1, 0.15) is 44.6 Å². The molecular formula is C13H21ClN2O2. The molecule has 0 saturated heterocycles. The first-order valence-electron chi connectivity index (χ1n) is 6.40. The third-order valence-corrected chi connectivity index (χ3v) is 2.95. The Morgan fingerprint density at radius 2 is 2.17 bits per heavy atom. The van der Waals surface area contributed by atoms with Crippen molar-refractivity contribution in [2.45, 2.75) is 46.8 Å². The van der Waals surface area contributed by atoms with Crippen LogP contribution < -0.4 is 0 Å². The quantitative estimate of drug-likeness (QED) is 0.716. The highest BCUT2D eigenvalue weighted by atomic mass is 35.5. The molecule has 1 aromatic rings. The van der Waals surface area contributed by atoms with Crippen molar-refractivity contribution in [3.8, 4) is 0 Å². The molecule has 1 atom stereocenters. The third kappa shape index (κ3) is 3.33. The van der Waals surface area contributed by atoms with Crippen molar-refractivity contribution in [2.24, 2.45) is 5.92 Å². The van der Waals surface area contributed by atoms with Crippen molar-refractivity contribution in [3.05, 3.63) is 16.9 Å². The Balaban J connectivity index is 3.03. The Morgan fingerprint density at radius 3 is 2.67 bits per heavy atom. The number of carbonyl (C=O) groups excluding carboxylic acids is 1. The fraction of sp³-hybridized carbons (Fsp3) is 0.692. The van der Waals surface area contributed by atoms with Gasteiger partial charge in [-0.05, 0) is 19.3 Å². The summed E-state index contributed by atoms with van der Waals surface area (Å²) in [6.45, 7) is 9.04. The lowest BCUT2D eigenvalue weighted by Gasteiger charge is -2.20. The summed E-state index contributed by atoms with van der Waals surface area (Å²) in [4.78, 5) is 12.5. The lowest BCUT2D eigenvalue weighted by molar-refractivity contribution is 0.0271. The monoisotopic (exact) mass is 272 g/mol. The zero-order chi connectivity index (χ0) is 13.7. The van der Waals surface area contributed by atoms with Gasteiger partial charge in [0.15, 0.2) is 0 Å². The predicted molar refractivity (Wildman–Crippen MR) is 72.1 cm³/mol. The zero-order valence-corrected chi connectivity index (χ0v) is 12.2. The van der Waals surface area contributed by atoms with Crippen LogP contribution in [0.25, 0.3) is 0 Å². The molecule has 0 radical (unpaired) electrons. The molecule has 0 amide bonds. The second kappa shape index (κ2) is 6.90. The van der Waals surface area contributed by atoms with Gasteiger partial charge >= 0.3 is 0 Å². The van der Waals surface area contributed by atoms with Crippen LogP contribution in [0, 0.1) is 5.92 Å². The molecule has 0 aromatic carbocycles. The van der Waals surface area contributed by atoms with Gasteiger partial charge in [-0.2, -0.15) is 5.10 Å². The highest BCUT2D eigenvalue weighted by Crippen LogP contribution is 2.21. The van der Waals surface area contributed by atoms with E-state index in [9.17, 15) is 4.79 Å². The van der Waals surface area contributed by atoms with Gasteiger partial charge in [0, 0.05) is 13.2 Å². The number of hydrogen-bond acceptors (Lipinski definition) is 3. The standard InChI is InChI=1S/C13H21ClN2O2/c1-5-7-16-11(10(14)8-15-16)12(17)13(9(3)4)18-6-2/h8-9,13H,5-7H2,1-4H3. The average molecular weight is 273 g/mol. The van der Waals surface area contributed by atoms with Gasteiger partial charge in [0.05, 0.1) is 11.2 Å². The minimum Gasteiger partial charge on any atom is -0.370 e. The van der Waals surface area contributed by atoms with E-state index >= 15 is 0 Å². The molecule has 0 aliphatic carbocycles. The van der Waals surface area contributed by atoms with Crippen LogP contribution in [0.5, 0.6) is 0 Å². The van der Waals surface area contributed by atoms with Crippen molar-refractivity contribution in [1.29, 1.82) is 0 Å². The number of ether oxygens (including phenoxy) is 1. The van der Waals surface area contributed by atoms with E-state index in [4.69, 9.17) is 16.3 Å². The van der Waals surface area contributed by atoms with Crippen LogP contribution in [0.15, 0.2) is 6.20 Å². The van der Waals surface area contributed by atoms with E-state index in [0.717, 1.165) is 6.42 Å². The molecule has 0 aliphatic rings. The van der Waals surface area contributed by atoms with E-state index in [1.54, 1.807) is 4.68 Å². The van der Waals surface area contributed by atoms with Crippen LogP contribution in [-0.4, -0.2) is 28.3 Å². The summed E-state index contributed by atoms with van der Waals surface area (Å²) in [5.74, 6) is 0.0290.